The van der Waals surface area contributed by atoms with Crippen molar-refractivity contribution in [1.82, 2.24) is 4.98 Å². The van der Waals surface area contributed by atoms with Gasteiger partial charge in [0.1, 0.15) is 0 Å². The predicted molar refractivity (Wildman–Crippen MR) is 65.7 cm³/mol. The quantitative estimate of drug-likeness (QED) is 0.836. The van der Waals surface area contributed by atoms with Crippen LogP contribution in [0.5, 0.6) is 0 Å². The van der Waals surface area contributed by atoms with Gasteiger partial charge in [-0.3, -0.25) is 4.98 Å². The van der Waals surface area contributed by atoms with E-state index in [4.69, 9.17) is 11.6 Å². The highest BCUT2D eigenvalue weighted by Crippen LogP contribution is 2.28. The van der Waals surface area contributed by atoms with Crippen molar-refractivity contribution < 1.29 is 0 Å². The van der Waals surface area contributed by atoms with E-state index >= 15 is 0 Å². The Morgan fingerprint density at radius 2 is 2.20 bits per heavy atom. The van der Waals surface area contributed by atoms with Gasteiger partial charge < -0.3 is 5.32 Å². The molecule has 3 heteroatoms. The van der Waals surface area contributed by atoms with Crippen LogP contribution in [0.1, 0.15) is 12.6 Å². The minimum atomic E-state index is 0.704. The molecule has 2 aromatic rings. The normalized spacial score (nSPS) is 10.6. The number of hydrogen-bond donors (Lipinski definition) is 1. The van der Waals surface area contributed by atoms with Gasteiger partial charge in [0.15, 0.2) is 0 Å². The molecule has 0 amide bonds. The number of aryl methyl sites for hydroxylation is 1. The molecule has 1 N–H and O–H groups in total. The Kier molecular flexibility index (Phi) is 2.78. The van der Waals surface area contributed by atoms with Crippen LogP contribution in [-0.2, 0) is 0 Å². The Bertz CT molecular complexity index is 494. The Balaban J connectivity index is 2.74. The maximum absolute atomic E-state index is 6.11. The maximum atomic E-state index is 6.11. The van der Waals surface area contributed by atoms with Gasteiger partial charge in [-0.1, -0.05) is 23.7 Å². The monoisotopic (exact) mass is 220 g/mol. The van der Waals surface area contributed by atoms with Gasteiger partial charge in [-0.05, 0) is 26.0 Å². The highest BCUT2D eigenvalue weighted by atomic mass is 35.5. The summed E-state index contributed by atoms with van der Waals surface area (Å²) in [5.41, 5.74) is 2.95. The van der Waals surface area contributed by atoms with E-state index in [0.29, 0.717) is 5.02 Å². The van der Waals surface area contributed by atoms with Crippen LogP contribution >= 0.6 is 11.6 Å². The first-order valence-electron chi connectivity index (χ1n) is 5.02. The number of halogens is 1. The van der Waals surface area contributed by atoms with Gasteiger partial charge in [-0.25, -0.2) is 0 Å². The lowest BCUT2D eigenvalue weighted by molar-refractivity contribution is 1.19. The highest BCUT2D eigenvalue weighted by Gasteiger charge is 2.05. The molecule has 2 nitrogen and oxygen atoms in total. The van der Waals surface area contributed by atoms with E-state index in [1.807, 2.05) is 31.2 Å². The second kappa shape index (κ2) is 4.07. The van der Waals surface area contributed by atoms with Gasteiger partial charge in [0.05, 0.1) is 10.5 Å². The standard InChI is InChI=1S/C12H13ClN2/c1-3-14-11-7-8(2)15-12-9(11)5-4-6-10(12)13/h4-7H,3H2,1-2H3,(H,14,15). The van der Waals surface area contributed by atoms with E-state index in [-0.39, 0.29) is 0 Å². The van der Waals surface area contributed by atoms with Gasteiger partial charge in [-0.15, -0.1) is 0 Å². The van der Waals surface area contributed by atoms with E-state index in [0.717, 1.165) is 28.8 Å². The number of para-hydroxylation sites is 1. The van der Waals surface area contributed by atoms with Crippen LogP contribution in [0.15, 0.2) is 24.3 Å². The van der Waals surface area contributed by atoms with Crippen molar-refractivity contribution in [2.24, 2.45) is 0 Å². The van der Waals surface area contributed by atoms with Gasteiger partial charge in [0, 0.05) is 23.3 Å². The van der Waals surface area contributed by atoms with Crippen LogP contribution < -0.4 is 5.32 Å². The molecule has 1 aromatic carbocycles. The van der Waals surface area contributed by atoms with E-state index in [1.165, 1.54) is 0 Å². The fraction of sp³-hybridized carbons (Fsp3) is 0.250. The van der Waals surface area contributed by atoms with Crippen molar-refractivity contribution in [3.05, 3.63) is 35.0 Å². The van der Waals surface area contributed by atoms with E-state index in [1.54, 1.807) is 0 Å². The summed E-state index contributed by atoms with van der Waals surface area (Å²) in [6, 6.07) is 7.89. The number of nitrogens with zero attached hydrogens (tertiary/aromatic N) is 1. The Labute approximate surface area is 94.3 Å². The first-order chi connectivity index (χ1) is 7.22. The Morgan fingerprint density at radius 3 is 2.93 bits per heavy atom. The molecule has 0 radical (unpaired) electrons. The number of aromatic nitrogens is 1. The first-order valence-corrected chi connectivity index (χ1v) is 5.40. The lowest BCUT2D eigenvalue weighted by Gasteiger charge is -2.09. The molecule has 0 aliphatic heterocycles. The van der Waals surface area contributed by atoms with Gasteiger partial charge in [0.2, 0.25) is 0 Å². The molecule has 0 unspecified atom stereocenters. The third-order valence-electron chi connectivity index (χ3n) is 2.29. The van der Waals surface area contributed by atoms with Crippen LogP contribution in [0.25, 0.3) is 10.9 Å². The van der Waals surface area contributed by atoms with Gasteiger partial charge in [-0.2, -0.15) is 0 Å². The lowest BCUT2D eigenvalue weighted by Crippen LogP contribution is -1.99. The molecule has 0 saturated heterocycles. The molecule has 0 fully saturated rings. The number of hydrogen-bond acceptors (Lipinski definition) is 2. The summed E-state index contributed by atoms with van der Waals surface area (Å²) in [4.78, 5) is 4.45. The molecule has 1 heterocycles. The lowest BCUT2D eigenvalue weighted by atomic mass is 10.1. The van der Waals surface area contributed by atoms with Crippen molar-refractivity contribution in [2.45, 2.75) is 13.8 Å². The average Bonchev–Trinajstić information content (AvgIpc) is 2.20. The summed E-state index contributed by atoms with van der Waals surface area (Å²) in [6.45, 7) is 4.95. The number of nitrogens with one attached hydrogen (secondary N) is 1. The first kappa shape index (κ1) is 10.2. The zero-order valence-electron chi connectivity index (χ0n) is 8.84. The van der Waals surface area contributed by atoms with E-state index < -0.39 is 0 Å². The average molecular weight is 221 g/mol. The number of anilines is 1. The molecule has 0 aliphatic carbocycles. The molecule has 0 bridgehead atoms. The fourth-order valence-electron chi connectivity index (χ4n) is 1.68. The van der Waals surface area contributed by atoms with Crippen LogP contribution in [0.3, 0.4) is 0 Å². The molecular formula is C12H13ClN2. The van der Waals surface area contributed by atoms with Crippen molar-refractivity contribution in [3.63, 3.8) is 0 Å². The summed E-state index contributed by atoms with van der Waals surface area (Å²) in [6.07, 6.45) is 0. The number of pyridine rings is 1. The molecule has 0 aliphatic rings. The van der Waals surface area contributed by atoms with E-state index in [2.05, 4.69) is 17.2 Å². The SMILES string of the molecule is CCNc1cc(C)nc2c(Cl)cccc12. The third kappa shape index (κ3) is 1.90. The summed E-state index contributed by atoms with van der Waals surface area (Å²) in [7, 11) is 0. The maximum Gasteiger partial charge on any atom is 0.0912 e. The molecule has 78 valence electrons. The van der Waals surface area contributed by atoms with Gasteiger partial charge in [0.25, 0.3) is 0 Å². The van der Waals surface area contributed by atoms with Crippen LogP contribution in [0.2, 0.25) is 5.02 Å². The Hall–Kier alpha value is -1.28. The summed E-state index contributed by atoms with van der Waals surface area (Å²) in [5.74, 6) is 0. The van der Waals surface area contributed by atoms with Crippen molar-refractivity contribution in [3.8, 4) is 0 Å². The smallest absolute Gasteiger partial charge is 0.0912 e. The van der Waals surface area contributed by atoms with Crippen molar-refractivity contribution in [1.29, 1.82) is 0 Å². The third-order valence-corrected chi connectivity index (χ3v) is 2.59. The number of fused-ring (bicyclic) bond motifs is 1. The van der Waals surface area contributed by atoms with Crippen LogP contribution in [0.4, 0.5) is 5.69 Å². The second-order valence-corrected chi connectivity index (χ2v) is 3.88. The second-order valence-electron chi connectivity index (χ2n) is 3.48. The molecular weight excluding hydrogens is 208 g/mol. The minimum absolute atomic E-state index is 0.704. The fourth-order valence-corrected chi connectivity index (χ4v) is 1.90. The van der Waals surface area contributed by atoms with Crippen molar-refractivity contribution in [2.75, 3.05) is 11.9 Å². The molecule has 1 aromatic heterocycles. The van der Waals surface area contributed by atoms with E-state index in [9.17, 15) is 0 Å². The van der Waals surface area contributed by atoms with Crippen LogP contribution in [-0.4, -0.2) is 11.5 Å². The number of rotatable bonds is 2. The summed E-state index contributed by atoms with van der Waals surface area (Å²) < 4.78 is 0. The molecule has 2 rings (SSSR count). The largest absolute Gasteiger partial charge is 0.385 e. The summed E-state index contributed by atoms with van der Waals surface area (Å²) >= 11 is 6.11. The molecule has 0 saturated carbocycles. The topological polar surface area (TPSA) is 24.9 Å². The minimum Gasteiger partial charge on any atom is -0.385 e. The zero-order valence-corrected chi connectivity index (χ0v) is 9.60. The highest BCUT2D eigenvalue weighted by molar-refractivity contribution is 6.35. The summed E-state index contributed by atoms with van der Waals surface area (Å²) in [5, 5.41) is 5.10. The Morgan fingerprint density at radius 1 is 1.40 bits per heavy atom. The molecule has 15 heavy (non-hydrogen) atoms. The predicted octanol–water partition coefficient (Wildman–Crippen LogP) is 3.63. The van der Waals surface area contributed by atoms with Crippen LogP contribution in [0, 0.1) is 6.92 Å². The zero-order chi connectivity index (χ0) is 10.8. The molecule has 0 spiro atoms. The van der Waals surface area contributed by atoms with Gasteiger partial charge >= 0.3 is 0 Å². The van der Waals surface area contributed by atoms with Crippen molar-refractivity contribution >= 4 is 28.2 Å². The molecule has 0 atom stereocenters. The number of benzene rings is 1.